The van der Waals surface area contributed by atoms with Crippen molar-refractivity contribution in [1.82, 2.24) is 4.90 Å². The molecule has 0 radical (unpaired) electrons. The van der Waals surface area contributed by atoms with Gasteiger partial charge >= 0.3 is 6.61 Å². The van der Waals surface area contributed by atoms with Crippen molar-refractivity contribution in [3.05, 3.63) is 59.7 Å². The van der Waals surface area contributed by atoms with Gasteiger partial charge in [0.25, 0.3) is 5.91 Å². The van der Waals surface area contributed by atoms with Gasteiger partial charge in [-0.15, -0.1) is 0 Å². The van der Waals surface area contributed by atoms with Gasteiger partial charge in [-0.25, -0.2) is 0 Å². The van der Waals surface area contributed by atoms with Gasteiger partial charge in [-0.3, -0.25) is 4.79 Å². The summed E-state index contributed by atoms with van der Waals surface area (Å²) in [6.07, 6.45) is 0. The fraction of sp³-hybridized carbons (Fsp3) is 0.278. The first-order valence-electron chi connectivity index (χ1n) is 7.41. The van der Waals surface area contributed by atoms with Gasteiger partial charge < -0.3 is 14.4 Å². The molecule has 2 aromatic carbocycles. The summed E-state index contributed by atoms with van der Waals surface area (Å²) >= 11 is 0. The number of amides is 1. The summed E-state index contributed by atoms with van der Waals surface area (Å²) in [7, 11) is 1.66. The average Bonchev–Trinajstić information content (AvgIpc) is 2.54. The third kappa shape index (κ3) is 5.53. The van der Waals surface area contributed by atoms with E-state index >= 15 is 0 Å². The van der Waals surface area contributed by atoms with E-state index in [-0.39, 0.29) is 18.3 Å². The molecule has 0 aliphatic carbocycles. The van der Waals surface area contributed by atoms with E-state index in [1.54, 1.807) is 25.2 Å². The zero-order chi connectivity index (χ0) is 17.5. The molecule has 0 saturated heterocycles. The van der Waals surface area contributed by atoms with Crippen molar-refractivity contribution in [2.75, 3.05) is 13.7 Å². The minimum atomic E-state index is -2.85. The fourth-order valence-corrected chi connectivity index (χ4v) is 2.10. The predicted octanol–water partition coefficient (Wildman–Crippen LogP) is 3.63. The molecule has 0 aliphatic heterocycles. The molecule has 1 amide bonds. The molecule has 0 N–H and O–H groups in total. The molecule has 0 aliphatic rings. The predicted molar refractivity (Wildman–Crippen MR) is 86.2 cm³/mol. The van der Waals surface area contributed by atoms with Gasteiger partial charge in [-0.2, -0.15) is 8.78 Å². The van der Waals surface area contributed by atoms with Crippen LogP contribution in [0.3, 0.4) is 0 Å². The molecule has 0 aromatic heterocycles. The second-order valence-corrected chi connectivity index (χ2v) is 5.38. The maximum absolute atomic E-state index is 12.1. The van der Waals surface area contributed by atoms with Crippen molar-refractivity contribution in [1.29, 1.82) is 0 Å². The van der Waals surface area contributed by atoms with Crippen molar-refractivity contribution in [3.8, 4) is 11.5 Å². The number of benzene rings is 2. The van der Waals surface area contributed by atoms with Crippen LogP contribution in [-0.2, 0) is 11.3 Å². The average molecular weight is 335 g/mol. The number of ether oxygens (including phenoxy) is 2. The summed E-state index contributed by atoms with van der Waals surface area (Å²) in [5, 5.41) is 0. The minimum absolute atomic E-state index is 0.0630. The summed E-state index contributed by atoms with van der Waals surface area (Å²) in [5.74, 6) is 0.556. The number of aryl methyl sites for hydroxylation is 1. The third-order valence-corrected chi connectivity index (χ3v) is 3.35. The van der Waals surface area contributed by atoms with Crippen LogP contribution in [0.1, 0.15) is 11.1 Å². The van der Waals surface area contributed by atoms with Crippen LogP contribution in [0, 0.1) is 6.92 Å². The molecule has 2 rings (SSSR count). The molecule has 0 saturated carbocycles. The normalized spacial score (nSPS) is 10.5. The second-order valence-electron chi connectivity index (χ2n) is 5.38. The Hall–Kier alpha value is -2.63. The number of alkyl halides is 2. The highest BCUT2D eigenvalue weighted by atomic mass is 19.3. The van der Waals surface area contributed by atoms with Crippen LogP contribution in [0.5, 0.6) is 11.5 Å². The first kappa shape index (κ1) is 17.7. The second kappa shape index (κ2) is 8.29. The maximum atomic E-state index is 12.1. The lowest BCUT2D eigenvalue weighted by atomic mass is 10.2. The molecule has 0 spiro atoms. The Bertz CT molecular complexity index is 674. The minimum Gasteiger partial charge on any atom is -0.484 e. The van der Waals surface area contributed by atoms with E-state index < -0.39 is 6.61 Å². The zero-order valence-electron chi connectivity index (χ0n) is 13.5. The van der Waals surface area contributed by atoms with Crippen LogP contribution in [0.15, 0.2) is 48.5 Å². The van der Waals surface area contributed by atoms with Gasteiger partial charge in [0, 0.05) is 13.6 Å². The highest BCUT2D eigenvalue weighted by Gasteiger charge is 2.11. The van der Waals surface area contributed by atoms with Crippen LogP contribution in [-0.4, -0.2) is 31.1 Å². The van der Waals surface area contributed by atoms with Crippen LogP contribution >= 0.6 is 0 Å². The molecular weight excluding hydrogens is 316 g/mol. The molecule has 24 heavy (non-hydrogen) atoms. The molecule has 0 bridgehead atoms. The van der Waals surface area contributed by atoms with Gasteiger partial charge in [0.15, 0.2) is 6.61 Å². The van der Waals surface area contributed by atoms with Gasteiger partial charge in [-0.05, 0) is 42.3 Å². The lowest BCUT2D eigenvalue weighted by molar-refractivity contribution is -0.132. The monoisotopic (exact) mass is 335 g/mol. The third-order valence-electron chi connectivity index (χ3n) is 3.35. The maximum Gasteiger partial charge on any atom is 0.387 e. The summed E-state index contributed by atoms with van der Waals surface area (Å²) in [5.41, 5.74) is 1.86. The number of carbonyl (C=O) groups excluding carboxylic acids is 1. The Balaban J connectivity index is 1.84. The molecule has 6 heteroatoms. The Morgan fingerprint density at radius 2 is 1.83 bits per heavy atom. The molecule has 0 heterocycles. The highest BCUT2D eigenvalue weighted by molar-refractivity contribution is 5.77. The number of halogens is 2. The smallest absolute Gasteiger partial charge is 0.387 e. The van der Waals surface area contributed by atoms with Crippen LogP contribution in [0.25, 0.3) is 0 Å². The number of carbonyl (C=O) groups is 1. The van der Waals surface area contributed by atoms with Crippen molar-refractivity contribution >= 4 is 5.91 Å². The molecular formula is C18H19F2NO3. The molecule has 0 atom stereocenters. The number of rotatable bonds is 7. The van der Waals surface area contributed by atoms with E-state index in [2.05, 4.69) is 4.74 Å². The van der Waals surface area contributed by atoms with Crippen LogP contribution < -0.4 is 9.47 Å². The van der Waals surface area contributed by atoms with Crippen molar-refractivity contribution in [2.24, 2.45) is 0 Å². The first-order valence-corrected chi connectivity index (χ1v) is 7.41. The summed E-state index contributed by atoms with van der Waals surface area (Å²) in [4.78, 5) is 13.6. The molecule has 2 aromatic rings. The first-order chi connectivity index (χ1) is 11.4. The van der Waals surface area contributed by atoms with E-state index in [0.29, 0.717) is 12.3 Å². The lowest BCUT2D eigenvalue weighted by Crippen LogP contribution is -2.30. The quantitative estimate of drug-likeness (QED) is 0.775. The van der Waals surface area contributed by atoms with Gasteiger partial charge in [0.05, 0.1) is 0 Å². The largest absolute Gasteiger partial charge is 0.484 e. The Morgan fingerprint density at radius 1 is 1.12 bits per heavy atom. The molecule has 128 valence electrons. The van der Waals surface area contributed by atoms with Crippen molar-refractivity contribution in [3.63, 3.8) is 0 Å². The summed E-state index contributed by atoms with van der Waals surface area (Å²) in [6, 6.07) is 13.6. The Morgan fingerprint density at radius 3 is 2.46 bits per heavy atom. The van der Waals surface area contributed by atoms with E-state index in [9.17, 15) is 13.6 Å². The number of nitrogens with zero attached hydrogens (tertiary/aromatic N) is 1. The van der Waals surface area contributed by atoms with Crippen molar-refractivity contribution < 1.29 is 23.0 Å². The SMILES string of the molecule is Cc1cccc(OCC(=O)N(C)Cc2ccc(OC(F)F)cc2)c1. The lowest BCUT2D eigenvalue weighted by Gasteiger charge is -2.18. The zero-order valence-corrected chi connectivity index (χ0v) is 13.5. The highest BCUT2D eigenvalue weighted by Crippen LogP contribution is 2.16. The molecule has 4 nitrogen and oxygen atoms in total. The van der Waals surface area contributed by atoms with Gasteiger partial charge in [0.2, 0.25) is 0 Å². The number of hydrogen-bond acceptors (Lipinski definition) is 3. The standard InChI is InChI=1S/C18H19F2NO3/c1-13-4-3-5-16(10-13)23-12-17(22)21(2)11-14-6-8-15(9-7-14)24-18(19)20/h3-10,18H,11-12H2,1-2H3. The van der Waals surface area contributed by atoms with Crippen LogP contribution in [0.4, 0.5) is 8.78 Å². The number of likely N-dealkylation sites (N-methyl/N-ethyl adjacent to an activating group) is 1. The molecule has 0 fully saturated rings. The summed E-state index contributed by atoms with van der Waals surface area (Å²) in [6.45, 7) is -0.612. The summed E-state index contributed by atoms with van der Waals surface area (Å²) < 4.78 is 34.0. The van der Waals surface area contributed by atoms with E-state index in [0.717, 1.165) is 11.1 Å². The van der Waals surface area contributed by atoms with E-state index in [4.69, 9.17) is 4.74 Å². The van der Waals surface area contributed by atoms with Gasteiger partial charge in [0.1, 0.15) is 11.5 Å². The van der Waals surface area contributed by atoms with E-state index in [1.807, 2.05) is 25.1 Å². The molecule has 0 unspecified atom stereocenters. The Kier molecular flexibility index (Phi) is 6.12. The van der Waals surface area contributed by atoms with Crippen molar-refractivity contribution in [2.45, 2.75) is 20.1 Å². The van der Waals surface area contributed by atoms with Gasteiger partial charge in [-0.1, -0.05) is 24.3 Å². The Labute approximate surface area is 139 Å². The van der Waals surface area contributed by atoms with E-state index in [1.165, 1.54) is 17.0 Å². The fourth-order valence-electron chi connectivity index (χ4n) is 2.10. The van der Waals surface area contributed by atoms with Crippen LogP contribution in [0.2, 0.25) is 0 Å². The number of hydrogen-bond donors (Lipinski definition) is 0. The topological polar surface area (TPSA) is 38.8 Å².